The average Bonchev–Trinajstić information content (AvgIpc) is 3.34. The molecule has 0 saturated carbocycles. The third-order valence-electron chi connectivity index (χ3n) is 5.77. The van der Waals surface area contributed by atoms with E-state index < -0.39 is 15.5 Å². The molecule has 0 amide bonds. The van der Waals surface area contributed by atoms with E-state index in [1.807, 2.05) is 13.0 Å². The Balaban J connectivity index is 1.47. The SMILES string of the molecule is C=S(C)(=O)Nc1cc(C)c2c(Nc3ccc(F)cc3OC3COC4COCC43)ncnc2c1. The highest BCUT2D eigenvalue weighted by atomic mass is 32.2. The third kappa shape index (κ3) is 4.59. The molecule has 2 aliphatic rings. The van der Waals surface area contributed by atoms with Crippen LogP contribution in [0.2, 0.25) is 0 Å². The monoisotopic (exact) mass is 472 g/mol. The Labute approximate surface area is 191 Å². The zero-order valence-corrected chi connectivity index (χ0v) is 19.2. The van der Waals surface area contributed by atoms with Crippen LogP contribution in [0, 0.1) is 18.7 Å². The highest BCUT2D eigenvalue weighted by Crippen LogP contribution is 2.36. The van der Waals surface area contributed by atoms with E-state index >= 15 is 0 Å². The van der Waals surface area contributed by atoms with E-state index in [0.29, 0.717) is 48.3 Å². The summed E-state index contributed by atoms with van der Waals surface area (Å²) >= 11 is 0. The second kappa shape index (κ2) is 8.44. The fourth-order valence-corrected chi connectivity index (χ4v) is 4.93. The van der Waals surface area contributed by atoms with Gasteiger partial charge in [-0.2, -0.15) is 0 Å². The van der Waals surface area contributed by atoms with Crippen LogP contribution in [0.5, 0.6) is 5.75 Å². The van der Waals surface area contributed by atoms with Gasteiger partial charge >= 0.3 is 0 Å². The van der Waals surface area contributed by atoms with Gasteiger partial charge in [0.1, 0.15) is 29.8 Å². The molecule has 0 spiro atoms. The molecular formula is C23H25FN4O4S. The molecule has 2 saturated heterocycles. The van der Waals surface area contributed by atoms with Gasteiger partial charge in [-0.3, -0.25) is 0 Å². The van der Waals surface area contributed by atoms with Gasteiger partial charge in [0.2, 0.25) is 0 Å². The Morgan fingerprint density at radius 3 is 2.88 bits per heavy atom. The summed E-state index contributed by atoms with van der Waals surface area (Å²) in [7, 11) is -2.43. The molecule has 3 heterocycles. The lowest BCUT2D eigenvalue weighted by Gasteiger charge is -2.20. The first-order chi connectivity index (χ1) is 15.8. The van der Waals surface area contributed by atoms with Gasteiger partial charge in [0.15, 0.2) is 0 Å². The number of anilines is 3. The van der Waals surface area contributed by atoms with Crippen LogP contribution in [-0.2, 0) is 19.2 Å². The van der Waals surface area contributed by atoms with Gasteiger partial charge in [0.25, 0.3) is 0 Å². The summed E-state index contributed by atoms with van der Waals surface area (Å²) in [5.74, 6) is 4.29. The molecule has 2 aromatic carbocycles. The predicted molar refractivity (Wildman–Crippen MR) is 127 cm³/mol. The molecule has 2 N–H and O–H groups in total. The van der Waals surface area contributed by atoms with Gasteiger partial charge in [0, 0.05) is 33.1 Å². The Kier molecular flexibility index (Phi) is 5.59. The van der Waals surface area contributed by atoms with Crippen LogP contribution in [0.25, 0.3) is 10.9 Å². The lowest BCUT2D eigenvalue weighted by Crippen LogP contribution is -2.28. The molecule has 0 aliphatic carbocycles. The zero-order chi connectivity index (χ0) is 23.2. The number of nitrogens with one attached hydrogen (secondary N) is 2. The van der Waals surface area contributed by atoms with Crippen molar-refractivity contribution in [2.45, 2.75) is 19.1 Å². The van der Waals surface area contributed by atoms with Gasteiger partial charge in [0.05, 0.1) is 43.0 Å². The minimum Gasteiger partial charge on any atom is -0.485 e. The Bertz CT molecular complexity index is 1320. The Morgan fingerprint density at radius 1 is 1.21 bits per heavy atom. The quantitative estimate of drug-likeness (QED) is 0.532. The van der Waals surface area contributed by atoms with Crippen LogP contribution in [0.3, 0.4) is 0 Å². The van der Waals surface area contributed by atoms with Gasteiger partial charge in [-0.1, -0.05) is 0 Å². The number of benzene rings is 2. The summed E-state index contributed by atoms with van der Waals surface area (Å²) in [5, 5.41) is 4.07. The van der Waals surface area contributed by atoms with Crippen LogP contribution in [-0.4, -0.2) is 58.3 Å². The molecule has 174 valence electrons. The molecule has 2 fully saturated rings. The lowest BCUT2D eigenvalue weighted by atomic mass is 10.0. The van der Waals surface area contributed by atoms with E-state index in [1.165, 1.54) is 24.7 Å². The van der Waals surface area contributed by atoms with E-state index in [-0.39, 0.29) is 18.1 Å². The summed E-state index contributed by atoms with van der Waals surface area (Å²) < 4.78 is 46.5. The summed E-state index contributed by atoms with van der Waals surface area (Å²) in [5.41, 5.74) is 2.78. The molecule has 0 radical (unpaired) electrons. The first kappa shape index (κ1) is 21.9. The van der Waals surface area contributed by atoms with Crippen molar-refractivity contribution in [1.29, 1.82) is 0 Å². The second-order valence-corrected chi connectivity index (χ2v) is 10.7. The molecule has 5 rings (SSSR count). The fourth-order valence-electron chi connectivity index (χ4n) is 4.32. The van der Waals surface area contributed by atoms with Crippen molar-refractivity contribution >= 4 is 43.7 Å². The maximum atomic E-state index is 14.1. The number of aromatic nitrogens is 2. The molecule has 10 heteroatoms. The van der Waals surface area contributed by atoms with Crippen LogP contribution < -0.4 is 14.8 Å². The maximum absolute atomic E-state index is 14.1. The Hall–Kier alpha value is -2.95. The number of nitrogens with zero attached hydrogens (tertiary/aromatic N) is 2. The minimum absolute atomic E-state index is 0.0207. The Morgan fingerprint density at radius 2 is 2.06 bits per heavy atom. The summed E-state index contributed by atoms with van der Waals surface area (Å²) in [6.45, 7) is 3.48. The number of fused-ring (bicyclic) bond motifs is 2. The molecule has 3 aromatic rings. The van der Waals surface area contributed by atoms with Gasteiger partial charge < -0.3 is 24.2 Å². The van der Waals surface area contributed by atoms with Crippen molar-refractivity contribution in [1.82, 2.24) is 9.97 Å². The topological polar surface area (TPSA) is 94.6 Å². The maximum Gasteiger partial charge on any atom is 0.146 e. The fraction of sp³-hybridized carbons (Fsp3) is 0.348. The number of hydrogen-bond acceptors (Lipinski definition) is 7. The molecule has 4 atom stereocenters. The summed E-state index contributed by atoms with van der Waals surface area (Å²) in [6.07, 6.45) is 2.78. The zero-order valence-electron chi connectivity index (χ0n) is 18.3. The van der Waals surface area contributed by atoms with E-state index in [2.05, 4.69) is 25.9 Å². The van der Waals surface area contributed by atoms with Crippen LogP contribution in [0.1, 0.15) is 5.56 Å². The van der Waals surface area contributed by atoms with Crippen molar-refractivity contribution < 1.29 is 22.8 Å². The van der Waals surface area contributed by atoms with Crippen molar-refractivity contribution in [2.75, 3.05) is 36.1 Å². The molecular weight excluding hydrogens is 447 g/mol. The molecule has 1 aromatic heterocycles. The summed E-state index contributed by atoms with van der Waals surface area (Å²) in [4.78, 5) is 8.78. The van der Waals surface area contributed by atoms with Crippen molar-refractivity contribution in [2.24, 2.45) is 5.92 Å². The first-order valence-electron chi connectivity index (χ1n) is 10.5. The normalized spacial score (nSPS) is 23.8. The van der Waals surface area contributed by atoms with Crippen molar-refractivity contribution in [3.8, 4) is 5.75 Å². The first-order valence-corrected chi connectivity index (χ1v) is 12.7. The van der Waals surface area contributed by atoms with E-state index in [0.717, 1.165) is 10.9 Å². The second-order valence-electron chi connectivity index (χ2n) is 8.51. The number of hydrogen-bond donors (Lipinski definition) is 2. The number of aryl methyl sites for hydroxylation is 1. The minimum atomic E-state index is -2.43. The largest absolute Gasteiger partial charge is 0.485 e. The smallest absolute Gasteiger partial charge is 0.146 e. The van der Waals surface area contributed by atoms with Gasteiger partial charge in [-0.25, -0.2) is 18.6 Å². The van der Waals surface area contributed by atoms with Gasteiger partial charge in [-0.05, 0) is 42.6 Å². The van der Waals surface area contributed by atoms with E-state index in [9.17, 15) is 8.60 Å². The molecule has 2 aliphatic heterocycles. The number of halogens is 1. The van der Waals surface area contributed by atoms with Crippen LogP contribution in [0.4, 0.5) is 21.6 Å². The third-order valence-corrected chi connectivity index (χ3v) is 6.43. The number of rotatable bonds is 6. The average molecular weight is 473 g/mol. The molecule has 4 unspecified atom stereocenters. The summed E-state index contributed by atoms with van der Waals surface area (Å²) in [6, 6.07) is 8.00. The lowest BCUT2D eigenvalue weighted by molar-refractivity contribution is 0.0498. The molecule has 0 bridgehead atoms. The van der Waals surface area contributed by atoms with Crippen LogP contribution >= 0.6 is 0 Å². The molecule has 33 heavy (non-hydrogen) atoms. The standard InChI is InChI=1S/C23H25FN4O4S/c1-13-6-15(28-33(2,3)29)8-18-22(13)23(26-12-25-18)27-17-5-4-14(24)7-19(17)32-21-11-31-20-10-30-9-16(20)21/h4-8,12,16,20-21H,2,9-11H2,1,3H3,(H,28,29)(H,25,26,27). The van der Waals surface area contributed by atoms with Crippen molar-refractivity contribution in [3.63, 3.8) is 0 Å². The molecule has 8 nitrogen and oxygen atoms in total. The highest BCUT2D eigenvalue weighted by molar-refractivity contribution is 8.00. The number of ether oxygens (including phenoxy) is 3. The van der Waals surface area contributed by atoms with Crippen LogP contribution in [0.15, 0.2) is 36.7 Å². The van der Waals surface area contributed by atoms with E-state index in [1.54, 1.807) is 12.1 Å². The van der Waals surface area contributed by atoms with Crippen molar-refractivity contribution in [3.05, 3.63) is 48.0 Å². The highest BCUT2D eigenvalue weighted by Gasteiger charge is 2.43. The predicted octanol–water partition coefficient (Wildman–Crippen LogP) is 3.29. The van der Waals surface area contributed by atoms with Gasteiger partial charge in [-0.15, -0.1) is 0 Å². The van der Waals surface area contributed by atoms with E-state index in [4.69, 9.17) is 14.2 Å².